The predicted molar refractivity (Wildman–Crippen MR) is 155 cm³/mol. The molecule has 0 unspecified atom stereocenters. The van der Waals surface area contributed by atoms with Crippen molar-refractivity contribution in [1.29, 1.82) is 0 Å². The monoisotopic (exact) mass is 482 g/mol. The van der Waals surface area contributed by atoms with Crippen LogP contribution >= 0.6 is 7.26 Å². The lowest BCUT2D eigenvalue weighted by Gasteiger charge is -2.27. The lowest BCUT2D eigenvalue weighted by atomic mass is 10.2. The van der Waals surface area contributed by atoms with Gasteiger partial charge >= 0.3 is 0 Å². The summed E-state index contributed by atoms with van der Waals surface area (Å²) in [6, 6.07) is 33.2. The van der Waals surface area contributed by atoms with E-state index in [0.717, 1.165) is 31.8 Å². The number of carbonyl (C=O) groups is 1. The fourth-order valence-corrected chi connectivity index (χ4v) is 8.86. The molecule has 0 atom stereocenters. The van der Waals surface area contributed by atoms with Gasteiger partial charge in [-0.25, -0.2) is 0 Å². The molecule has 1 N–H and O–H groups in total. The molecular formula is C32H37NOP+. The van der Waals surface area contributed by atoms with Crippen LogP contribution in [0.15, 0.2) is 127 Å². The fourth-order valence-electron chi connectivity index (χ4n) is 4.45. The Kier molecular flexibility index (Phi) is 10.7. The van der Waals surface area contributed by atoms with Crippen LogP contribution < -0.4 is 21.2 Å². The minimum absolute atomic E-state index is 0.0553. The summed E-state index contributed by atoms with van der Waals surface area (Å²) >= 11 is 0. The summed E-state index contributed by atoms with van der Waals surface area (Å²) in [5, 5.41) is 7.34. The highest BCUT2D eigenvalue weighted by Crippen LogP contribution is 2.55. The molecule has 3 heteroatoms. The van der Waals surface area contributed by atoms with E-state index in [4.69, 9.17) is 0 Å². The summed E-state index contributed by atoms with van der Waals surface area (Å²) in [5.74, 6) is -0.0553. The van der Waals surface area contributed by atoms with Crippen molar-refractivity contribution >= 4 is 29.1 Å². The summed E-state index contributed by atoms with van der Waals surface area (Å²) in [5.41, 5.74) is 0.603. The third-order valence-electron chi connectivity index (χ3n) is 6.25. The number of benzene rings is 3. The first-order chi connectivity index (χ1) is 17.2. The molecule has 35 heavy (non-hydrogen) atoms. The van der Waals surface area contributed by atoms with Crippen molar-refractivity contribution in [2.24, 2.45) is 0 Å². The number of nitrogens with one attached hydrogen (secondary N) is 1. The Bertz CT molecular complexity index is 1010. The Morgan fingerprint density at radius 2 is 1.26 bits per heavy atom. The minimum atomic E-state index is -1.75. The molecule has 180 valence electrons. The second-order valence-corrected chi connectivity index (χ2v) is 12.2. The Labute approximate surface area is 211 Å². The predicted octanol–water partition coefficient (Wildman–Crippen LogP) is 6.35. The van der Waals surface area contributed by atoms with Crippen molar-refractivity contribution in [3.8, 4) is 0 Å². The van der Waals surface area contributed by atoms with Crippen molar-refractivity contribution < 1.29 is 4.79 Å². The summed E-state index contributed by atoms with van der Waals surface area (Å²) in [7, 11) is -1.75. The van der Waals surface area contributed by atoms with E-state index in [1.54, 1.807) is 12.2 Å². The maximum absolute atomic E-state index is 12.3. The van der Waals surface area contributed by atoms with Crippen LogP contribution in [0.25, 0.3) is 0 Å². The van der Waals surface area contributed by atoms with Crippen LogP contribution in [-0.4, -0.2) is 18.6 Å². The molecule has 0 fully saturated rings. The van der Waals surface area contributed by atoms with E-state index in [1.165, 1.54) is 15.9 Å². The van der Waals surface area contributed by atoms with Gasteiger partial charge in [-0.15, -0.1) is 0 Å². The first-order valence-corrected chi connectivity index (χ1v) is 14.5. The SMILES string of the molecule is C=C/C(=C\C=C/C)C(=O)NCCCCCC[P+](c1ccccc1)(c1ccccc1)c1ccccc1. The van der Waals surface area contributed by atoms with Crippen molar-refractivity contribution in [1.82, 2.24) is 5.32 Å². The van der Waals surface area contributed by atoms with Gasteiger partial charge in [-0.2, -0.15) is 0 Å². The molecule has 3 aromatic carbocycles. The Balaban J connectivity index is 1.67. The lowest BCUT2D eigenvalue weighted by molar-refractivity contribution is -0.117. The molecule has 0 saturated carbocycles. The normalized spacial score (nSPS) is 12.0. The number of rotatable bonds is 13. The van der Waals surface area contributed by atoms with E-state index in [0.29, 0.717) is 12.1 Å². The number of hydrogen-bond donors (Lipinski definition) is 1. The quantitative estimate of drug-likeness (QED) is 0.131. The molecule has 0 spiro atoms. The average Bonchev–Trinajstić information content (AvgIpc) is 2.92. The van der Waals surface area contributed by atoms with Gasteiger partial charge in [0, 0.05) is 12.1 Å². The van der Waals surface area contributed by atoms with Gasteiger partial charge in [0.05, 0.1) is 6.16 Å². The Morgan fingerprint density at radius 3 is 1.71 bits per heavy atom. The van der Waals surface area contributed by atoms with E-state index >= 15 is 0 Å². The van der Waals surface area contributed by atoms with Crippen LogP contribution in [-0.2, 0) is 4.79 Å². The van der Waals surface area contributed by atoms with Gasteiger partial charge in [-0.3, -0.25) is 4.79 Å². The molecule has 0 radical (unpaired) electrons. The average molecular weight is 483 g/mol. The molecule has 0 saturated heterocycles. The van der Waals surface area contributed by atoms with E-state index in [9.17, 15) is 4.79 Å². The molecule has 0 aliphatic carbocycles. The summed E-state index contributed by atoms with van der Waals surface area (Å²) in [6.45, 7) is 6.36. The van der Waals surface area contributed by atoms with Crippen molar-refractivity contribution in [2.45, 2.75) is 32.6 Å². The topological polar surface area (TPSA) is 29.1 Å². The van der Waals surface area contributed by atoms with Crippen LogP contribution in [0.2, 0.25) is 0 Å². The summed E-state index contributed by atoms with van der Waals surface area (Å²) in [4.78, 5) is 12.3. The molecule has 0 aliphatic rings. The van der Waals surface area contributed by atoms with Gasteiger partial charge in [0.25, 0.3) is 5.91 Å². The standard InChI is InChI=1S/C32H36NOP/c1-3-5-19-28(4-2)32(34)33-26-17-6-7-18-27-35(29-20-11-8-12-21-29,30-22-13-9-14-23-30)31-24-15-10-16-25-31/h3-5,8-16,19-25H,2,6-7,17-18,26-27H2,1H3/p+1/b5-3-,28-19+. The largest absolute Gasteiger partial charge is 0.352 e. The van der Waals surface area contributed by atoms with Gasteiger partial charge in [-0.1, -0.05) is 85.8 Å². The van der Waals surface area contributed by atoms with E-state index in [-0.39, 0.29) is 5.91 Å². The van der Waals surface area contributed by atoms with Crippen LogP contribution in [0.5, 0.6) is 0 Å². The van der Waals surface area contributed by atoms with Crippen LogP contribution in [0.3, 0.4) is 0 Å². The van der Waals surface area contributed by atoms with Gasteiger partial charge in [-0.05, 0) is 68.7 Å². The third kappa shape index (κ3) is 7.13. The molecule has 3 rings (SSSR count). The summed E-state index contributed by atoms with van der Waals surface area (Å²) in [6.07, 6.45) is 12.7. The number of amides is 1. The summed E-state index contributed by atoms with van der Waals surface area (Å²) < 4.78 is 0. The molecule has 0 aromatic heterocycles. The van der Waals surface area contributed by atoms with Crippen LogP contribution in [0.1, 0.15) is 32.6 Å². The Hall–Kier alpha value is -3.22. The zero-order chi connectivity index (χ0) is 24.8. The maximum Gasteiger partial charge on any atom is 0.251 e. The van der Waals surface area contributed by atoms with Crippen molar-refractivity contribution in [2.75, 3.05) is 12.7 Å². The zero-order valence-corrected chi connectivity index (χ0v) is 21.7. The smallest absolute Gasteiger partial charge is 0.251 e. The van der Waals surface area contributed by atoms with Gasteiger partial charge < -0.3 is 5.32 Å². The fraction of sp³-hybridized carbons (Fsp3) is 0.219. The highest BCUT2D eigenvalue weighted by Gasteiger charge is 2.44. The minimum Gasteiger partial charge on any atom is -0.352 e. The van der Waals surface area contributed by atoms with Gasteiger partial charge in [0.1, 0.15) is 23.2 Å². The highest BCUT2D eigenvalue weighted by atomic mass is 31.2. The number of unbranched alkanes of at least 4 members (excludes halogenated alkanes) is 3. The molecule has 2 nitrogen and oxygen atoms in total. The first kappa shape index (κ1) is 26.4. The second kappa shape index (κ2) is 14.2. The van der Waals surface area contributed by atoms with Crippen molar-refractivity contribution in [3.05, 3.63) is 127 Å². The number of carbonyl (C=O) groups excluding carboxylic acids is 1. The Morgan fingerprint density at radius 1 is 0.771 bits per heavy atom. The molecule has 1 amide bonds. The molecular weight excluding hydrogens is 445 g/mol. The van der Waals surface area contributed by atoms with Crippen molar-refractivity contribution in [3.63, 3.8) is 0 Å². The second-order valence-electron chi connectivity index (χ2n) is 8.56. The molecule has 0 heterocycles. The molecule has 3 aromatic rings. The lowest BCUT2D eigenvalue weighted by Crippen LogP contribution is -2.33. The zero-order valence-electron chi connectivity index (χ0n) is 20.8. The molecule has 0 aliphatic heterocycles. The maximum atomic E-state index is 12.3. The number of allylic oxidation sites excluding steroid dienone is 3. The van der Waals surface area contributed by atoms with E-state index in [2.05, 4.69) is 103 Å². The third-order valence-corrected chi connectivity index (χ3v) is 10.8. The van der Waals surface area contributed by atoms with E-state index < -0.39 is 7.26 Å². The van der Waals surface area contributed by atoms with Crippen LogP contribution in [0, 0.1) is 0 Å². The van der Waals surface area contributed by atoms with Gasteiger partial charge in [0.15, 0.2) is 0 Å². The van der Waals surface area contributed by atoms with E-state index in [1.807, 2.05) is 19.1 Å². The highest BCUT2D eigenvalue weighted by molar-refractivity contribution is 7.95. The number of hydrogen-bond acceptors (Lipinski definition) is 1. The van der Waals surface area contributed by atoms with Gasteiger partial charge in [0.2, 0.25) is 0 Å². The van der Waals surface area contributed by atoms with Crippen LogP contribution in [0.4, 0.5) is 0 Å². The molecule has 0 bridgehead atoms. The first-order valence-electron chi connectivity index (χ1n) is 12.5.